The van der Waals surface area contributed by atoms with Gasteiger partial charge in [0.05, 0.1) is 11.2 Å². The minimum Gasteiger partial charge on any atom is -0.408 e. The number of thiazole rings is 1. The van der Waals surface area contributed by atoms with Gasteiger partial charge in [0.1, 0.15) is 4.88 Å². The van der Waals surface area contributed by atoms with Gasteiger partial charge in [0.2, 0.25) is 0 Å². The summed E-state index contributed by atoms with van der Waals surface area (Å²) < 4.78 is 5.20. The molecule has 1 aliphatic rings. The van der Waals surface area contributed by atoms with Crippen molar-refractivity contribution in [2.24, 2.45) is 0 Å². The lowest BCUT2D eigenvalue weighted by Gasteiger charge is -1.84. The second-order valence-corrected chi connectivity index (χ2v) is 4.69. The fraction of sp³-hybridized carbons (Fsp3) is 0.375. The molecule has 0 radical (unpaired) electrons. The van der Waals surface area contributed by atoms with Crippen LogP contribution in [-0.2, 0) is 0 Å². The van der Waals surface area contributed by atoms with Crippen molar-refractivity contribution >= 4 is 23.6 Å². The summed E-state index contributed by atoms with van der Waals surface area (Å²) in [5.74, 6) is 1.22. The zero-order valence-corrected chi connectivity index (χ0v) is 8.82. The summed E-state index contributed by atoms with van der Waals surface area (Å²) in [5.41, 5.74) is 0. The highest BCUT2D eigenvalue weighted by molar-refractivity contribution is 7.71. The highest BCUT2D eigenvalue weighted by Gasteiger charge is 2.27. The Morgan fingerprint density at radius 2 is 2.43 bits per heavy atom. The predicted octanol–water partition coefficient (Wildman–Crippen LogP) is 2.73. The number of aromatic nitrogens is 3. The van der Waals surface area contributed by atoms with E-state index in [0.29, 0.717) is 16.6 Å². The first-order chi connectivity index (χ1) is 6.83. The van der Waals surface area contributed by atoms with E-state index in [1.54, 1.807) is 17.5 Å². The van der Waals surface area contributed by atoms with Crippen LogP contribution < -0.4 is 0 Å². The summed E-state index contributed by atoms with van der Waals surface area (Å²) in [4.78, 5) is 5.59. The number of rotatable bonds is 2. The van der Waals surface area contributed by atoms with E-state index in [1.165, 1.54) is 17.8 Å². The SMILES string of the molecule is S=c1[nH]nc(-c2cnc(C3CC3)s2)o1. The predicted molar refractivity (Wildman–Crippen MR) is 54.8 cm³/mol. The molecular weight excluding hydrogens is 218 g/mol. The number of hydrogen-bond acceptors (Lipinski definition) is 5. The van der Waals surface area contributed by atoms with Gasteiger partial charge in [-0.2, -0.15) is 0 Å². The van der Waals surface area contributed by atoms with Gasteiger partial charge in [-0.25, -0.2) is 10.1 Å². The van der Waals surface area contributed by atoms with Crippen molar-refractivity contribution in [2.45, 2.75) is 18.8 Å². The molecule has 0 spiro atoms. The maximum Gasteiger partial charge on any atom is 0.284 e. The van der Waals surface area contributed by atoms with Crippen LogP contribution in [0.5, 0.6) is 0 Å². The fourth-order valence-corrected chi connectivity index (χ4v) is 2.38. The molecule has 6 heteroatoms. The van der Waals surface area contributed by atoms with Crippen molar-refractivity contribution in [2.75, 3.05) is 0 Å². The topological polar surface area (TPSA) is 54.7 Å². The van der Waals surface area contributed by atoms with Crippen LogP contribution in [0.15, 0.2) is 10.6 Å². The van der Waals surface area contributed by atoms with E-state index in [2.05, 4.69) is 15.2 Å². The van der Waals surface area contributed by atoms with Crippen molar-refractivity contribution in [1.29, 1.82) is 0 Å². The quantitative estimate of drug-likeness (QED) is 0.798. The molecule has 0 unspecified atom stereocenters. The van der Waals surface area contributed by atoms with Crippen LogP contribution in [0.2, 0.25) is 0 Å². The summed E-state index contributed by atoms with van der Waals surface area (Å²) in [6.07, 6.45) is 4.32. The van der Waals surface area contributed by atoms with Gasteiger partial charge in [0.15, 0.2) is 0 Å². The second-order valence-electron chi connectivity index (χ2n) is 3.26. The molecule has 14 heavy (non-hydrogen) atoms. The average Bonchev–Trinajstić information content (AvgIpc) is 2.76. The van der Waals surface area contributed by atoms with E-state index in [0.717, 1.165) is 4.88 Å². The van der Waals surface area contributed by atoms with E-state index < -0.39 is 0 Å². The Kier molecular flexibility index (Phi) is 1.78. The molecule has 0 amide bonds. The van der Waals surface area contributed by atoms with Gasteiger partial charge in [0.25, 0.3) is 10.7 Å². The molecule has 72 valence electrons. The monoisotopic (exact) mass is 225 g/mol. The zero-order chi connectivity index (χ0) is 9.54. The molecule has 3 rings (SSSR count). The van der Waals surface area contributed by atoms with Gasteiger partial charge in [-0.05, 0) is 25.1 Å². The van der Waals surface area contributed by atoms with Crippen molar-refractivity contribution in [1.82, 2.24) is 15.2 Å². The smallest absolute Gasteiger partial charge is 0.284 e. The standard InChI is InChI=1S/C8H7N3OS2/c13-8-11-10-6(12-8)5-3-9-7(14-5)4-1-2-4/h3-4H,1-2H2,(H,11,13). The molecule has 1 fully saturated rings. The van der Waals surface area contributed by atoms with Crippen LogP contribution in [0.25, 0.3) is 10.8 Å². The Bertz CT molecular complexity index is 508. The molecule has 0 atom stereocenters. The van der Waals surface area contributed by atoms with E-state index in [4.69, 9.17) is 16.6 Å². The Morgan fingerprint density at radius 3 is 3.07 bits per heavy atom. The van der Waals surface area contributed by atoms with Gasteiger partial charge < -0.3 is 4.42 Å². The van der Waals surface area contributed by atoms with Gasteiger partial charge in [0, 0.05) is 5.92 Å². The second kappa shape index (κ2) is 2.99. The molecule has 2 heterocycles. The lowest BCUT2D eigenvalue weighted by Crippen LogP contribution is -1.70. The maximum atomic E-state index is 5.20. The van der Waals surface area contributed by atoms with Gasteiger partial charge >= 0.3 is 0 Å². The van der Waals surface area contributed by atoms with Crippen molar-refractivity contribution in [3.63, 3.8) is 0 Å². The van der Waals surface area contributed by atoms with Crippen LogP contribution in [0.1, 0.15) is 23.8 Å². The van der Waals surface area contributed by atoms with Crippen LogP contribution in [0.4, 0.5) is 0 Å². The molecule has 2 aromatic rings. The molecule has 1 aliphatic carbocycles. The van der Waals surface area contributed by atoms with Crippen LogP contribution in [0.3, 0.4) is 0 Å². The minimum absolute atomic E-state index is 0.307. The Labute approximate surface area is 89.0 Å². The molecule has 4 nitrogen and oxygen atoms in total. The first-order valence-electron chi connectivity index (χ1n) is 4.34. The normalized spacial score (nSPS) is 16.0. The Balaban J connectivity index is 1.99. The number of nitrogens with one attached hydrogen (secondary N) is 1. The first-order valence-corrected chi connectivity index (χ1v) is 5.57. The highest BCUT2D eigenvalue weighted by Crippen LogP contribution is 2.43. The first kappa shape index (κ1) is 8.31. The van der Waals surface area contributed by atoms with Crippen molar-refractivity contribution in [3.8, 4) is 10.8 Å². The summed E-state index contributed by atoms with van der Waals surface area (Å²) in [6.45, 7) is 0. The maximum absolute atomic E-state index is 5.20. The van der Waals surface area contributed by atoms with Gasteiger partial charge in [-0.1, -0.05) is 0 Å². The third kappa shape index (κ3) is 1.40. The number of aromatic amines is 1. The molecule has 0 aromatic carbocycles. The van der Waals surface area contributed by atoms with Crippen LogP contribution in [0, 0.1) is 4.84 Å². The third-order valence-electron chi connectivity index (χ3n) is 2.10. The molecular formula is C8H7N3OS2. The number of hydrogen-bond donors (Lipinski definition) is 1. The van der Waals surface area contributed by atoms with E-state index in [1.807, 2.05) is 0 Å². The minimum atomic E-state index is 0.307. The lowest BCUT2D eigenvalue weighted by molar-refractivity contribution is 0.553. The summed E-state index contributed by atoms with van der Waals surface area (Å²) in [5, 5.41) is 7.74. The Morgan fingerprint density at radius 1 is 1.57 bits per heavy atom. The third-order valence-corrected chi connectivity index (χ3v) is 3.42. The van der Waals surface area contributed by atoms with E-state index in [-0.39, 0.29) is 0 Å². The summed E-state index contributed by atoms with van der Waals surface area (Å²) >= 11 is 6.44. The van der Waals surface area contributed by atoms with Crippen LogP contribution in [-0.4, -0.2) is 15.2 Å². The molecule has 0 saturated heterocycles. The number of H-pyrrole nitrogens is 1. The Hall–Kier alpha value is -1.01. The summed E-state index contributed by atoms with van der Waals surface area (Å²) in [7, 11) is 0. The van der Waals surface area contributed by atoms with Gasteiger partial charge in [-0.15, -0.1) is 16.4 Å². The molecule has 0 aliphatic heterocycles. The van der Waals surface area contributed by atoms with E-state index in [9.17, 15) is 0 Å². The largest absolute Gasteiger partial charge is 0.408 e. The molecule has 1 N–H and O–H groups in total. The fourth-order valence-electron chi connectivity index (χ4n) is 1.24. The van der Waals surface area contributed by atoms with Crippen LogP contribution >= 0.6 is 23.6 Å². The van der Waals surface area contributed by atoms with Gasteiger partial charge in [-0.3, -0.25) is 0 Å². The summed E-state index contributed by atoms with van der Waals surface area (Å²) in [6, 6.07) is 0. The van der Waals surface area contributed by atoms with Crippen molar-refractivity contribution < 1.29 is 4.42 Å². The van der Waals surface area contributed by atoms with Crippen molar-refractivity contribution in [3.05, 3.63) is 16.0 Å². The molecule has 2 aromatic heterocycles. The zero-order valence-electron chi connectivity index (χ0n) is 7.19. The van der Waals surface area contributed by atoms with E-state index >= 15 is 0 Å². The highest BCUT2D eigenvalue weighted by atomic mass is 32.1. The molecule has 1 saturated carbocycles. The molecule has 0 bridgehead atoms. The number of nitrogens with zero attached hydrogens (tertiary/aromatic N) is 2. The average molecular weight is 225 g/mol. The lowest BCUT2D eigenvalue weighted by atomic mass is 10.5.